The molecule has 0 aliphatic rings. The molecule has 102 valence electrons. The Kier molecular flexibility index (Phi) is 3.44. The first-order valence-corrected chi connectivity index (χ1v) is 6.10. The molecule has 0 unspecified atom stereocenters. The number of amides is 1. The molecule has 1 amide bonds. The monoisotopic (exact) mass is 262 g/mol. The smallest absolute Gasteiger partial charge is 0.326 e. The lowest BCUT2D eigenvalue weighted by molar-refractivity contribution is -0.121. The van der Waals surface area contributed by atoms with Gasteiger partial charge in [0.05, 0.1) is 11.0 Å². The third-order valence-corrected chi connectivity index (χ3v) is 2.72. The highest BCUT2D eigenvalue weighted by molar-refractivity contribution is 5.80. The molecule has 1 aromatic carbocycles. The largest absolute Gasteiger partial charge is 0.353 e. The van der Waals surface area contributed by atoms with Crippen LogP contribution in [0.15, 0.2) is 29.1 Å². The van der Waals surface area contributed by atoms with Gasteiger partial charge in [-0.15, -0.1) is 0 Å². The molecule has 0 aliphatic heterocycles. The van der Waals surface area contributed by atoms with Crippen LogP contribution in [0.4, 0.5) is 0 Å². The van der Waals surface area contributed by atoms with Crippen LogP contribution < -0.4 is 16.7 Å². The Morgan fingerprint density at radius 1 is 1.42 bits per heavy atom. The summed E-state index contributed by atoms with van der Waals surface area (Å²) in [7, 11) is 0. The van der Waals surface area contributed by atoms with E-state index in [2.05, 4.69) is 10.3 Å². The summed E-state index contributed by atoms with van der Waals surface area (Å²) >= 11 is 0. The second-order valence-corrected chi connectivity index (χ2v) is 5.30. The number of para-hydroxylation sites is 2. The molecule has 0 spiro atoms. The van der Waals surface area contributed by atoms with Gasteiger partial charge in [-0.05, 0) is 26.0 Å². The van der Waals surface area contributed by atoms with Crippen molar-refractivity contribution in [1.82, 2.24) is 14.9 Å². The number of imidazole rings is 1. The topological polar surface area (TPSA) is 92.9 Å². The fourth-order valence-corrected chi connectivity index (χ4v) is 1.79. The van der Waals surface area contributed by atoms with Crippen LogP contribution >= 0.6 is 0 Å². The lowest BCUT2D eigenvalue weighted by Gasteiger charge is -2.18. The van der Waals surface area contributed by atoms with Gasteiger partial charge in [-0.1, -0.05) is 12.1 Å². The zero-order valence-electron chi connectivity index (χ0n) is 11.1. The molecule has 4 N–H and O–H groups in total. The van der Waals surface area contributed by atoms with Crippen LogP contribution in [0.3, 0.4) is 0 Å². The fourth-order valence-electron chi connectivity index (χ4n) is 1.79. The summed E-state index contributed by atoms with van der Waals surface area (Å²) in [6.45, 7) is 4.00. The third kappa shape index (κ3) is 3.23. The Morgan fingerprint density at radius 2 is 2.11 bits per heavy atom. The first-order chi connectivity index (χ1) is 8.87. The number of aromatic amines is 1. The van der Waals surface area contributed by atoms with E-state index in [1.54, 1.807) is 12.1 Å². The maximum atomic E-state index is 11.8. The normalized spacial score (nSPS) is 11.7. The van der Waals surface area contributed by atoms with E-state index >= 15 is 0 Å². The van der Waals surface area contributed by atoms with E-state index in [0.717, 1.165) is 11.0 Å². The Labute approximate surface area is 110 Å². The van der Waals surface area contributed by atoms with E-state index < -0.39 is 5.54 Å². The van der Waals surface area contributed by atoms with E-state index in [0.29, 0.717) is 6.54 Å². The van der Waals surface area contributed by atoms with Gasteiger partial charge in [0.25, 0.3) is 0 Å². The number of hydrogen-bond donors (Lipinski definition) is 3. The minimum atomic E-state index is -0.471. The van der Waals surface area contributed by atoms with Gasteiger partial charge in [0.2, 0.25) is 5.91 Å². The van der Waals surface area contributed by atoms with Crippen molar-refractivity contribution < 1.29 is 4.79 Å². The standard InChI is InChI=1S/C13H18N4O2/c1-13(2,14)8-15-11(18)7-17-10-6-4-3-5-9(10)16-12(17)19/h3-6H,7-8,14H2,1-2H3,(H,15,18)(H,16,19). The summed E-state index contributed by atoms with van der Waals surface area (Å²) in [5.74, 6) is -0.231. The first-order valence-electron chi connectivity index (χ1n) is 6.10. The number of aromatic nitrogens is 2. The van der Waals surface area contributed by atoms with E-state index in [1.165, 1.54) is 4.57 Å². The van der Waals surface area contributed by atoms with Crippen LogP contribution in [0.1, 0.15) is 13.8 Å². The third-order valence-electron chi connectivity index (χ3n) is 2.72. The Morgan fingerprint density at radius 3 is 2.79 bits per heavy atom. The van der Waals surface area contributed by atoms with Crippen molar-refractivity contribution in [3.05, 3.63) is 34.7 Å². The van der Waals surface area contributed by atoms with E-state index in [1.807, 2.05) is 26.0 Å². The van der Waals surface area contributed by atoms with Crippen LogP contribution in [-0.2, 0) is 11.3 Å². The molecule has 1 aromatic heterocycles. The SMILES string of the molecule is CC(C)(N)CNC(=O)Cn1c(=O)[nH]c2ccccc21. The molecular formula is C13H18N4O2. The van der Waals surface area contributed by atoms with E-state index in [4.69, 9.17) is 5.73 Å². The lowest BCUT2D eigenvalue weighted by atomic mass is 10.1. The van der Waals surface area contributed by atoms with Crippen LogP contribution in [0.5, 0.6) is 0 Å². The molecule has 0 fully saturated rings. The number of rotatable bonds is 4. The number of nitrogens with one attached hydrogen (secondary N) is 2. The molecule has 2 aromatic rings. The molecule has 1 heterocycles. The van der Waals surface area contributed by atoms with Crippen molar-refractivity contribution in [3.63, 3.8) is 0 Å². The molecule has 0 atom stereocenters. The Balaban J connectivity index is 2.15. The zero-order valence-corrected chi connectivity index (χ0v) is 11.1. The molecule has 6 heteroatoms. The fraction of sp³-hybridized carbons (Fsp3) is 0.385. The van der Waals surface area contributed by atoms with Gasteiger partial charge in [-0.3, -0.25) is 9.36 Å². The van der Waals surface area contributed by atoms with E-state index in [-0.39, 0.29) is 18.1 Å². The number of fused-ring (bicyclic) bond motifs is 1. The number of carbonyl (C=O) groups is 1. The number of hydrogen-bond acceptors (Lipinski definition) is 3. The van der Waals surface area contributed by atoms with Crippen molar-refractivity contribution >= 4 is 16.9 Å². The number of benzene rings is 1. The summed E-state index contributed by atoms with van der Waals surface area (Å²) in [4.78, 5) is 26.3. The molecular weight excluding hydrogens is 244 g/mol. The van der Waals surface area contributed by atoms with Crippen LogP contribution in [0.25, 0.3) is 11.0 Å². The summed E-state index contributed by atoms with van der Waals surface area (Å²) < 4.78 is 1.41. The van der Waals surface area contributed by atoms with Crippen LogP contribution in [0, 0.1) is 0 Å². The van der Waals surface area contributed by atoms with Crippen LogP contribution in [0.2, 0.25) is 0 Å². The van der Waals surface area contributed by atoms with Gasteiger partial charge >= 0.3 is 5.69 Å². The van der Waals surface area contributed by atoms with Gasteiger partial charge in [0, 0.05) is 12.1 Å². The van der Waals surface area contributed by atoms with E-state index in [9.17, 15) is 9.59 Å². The predicted octanol–water partition coefficient (Wildman–Crippen LogP) is 0.183. The number of nitrogens with zero attached hydrogens (tertiary/aromatic N) is 1. The highest BCUT2D eigenvalue weighted by Crippen LogP contribution is 2.08. The minimum Gasteiger partial charge on any atom is -0.353 e. The summed E-state index contributed by atoms with van der Waals surface area (Å²) in [6, 6.07) is 7.26. The first kappa shape index (κ1) is 13.4. The highest BCUT2D eigenvalue weighted by atomic mass is 16.2. The van der Waals surface area contributed by atoms with Gasteiger partial charge in [0.1, 0.15) is 6.54 Å². The average Bonchev–Trinajstić information content (AvgIpc) is 2.63. The lowest BCUT2D eigenvalue weighted by Crippen LogP contribution is -2.46. The maximum Gasteiger partial charge on any atom is 0.326 e. The molecule has 6 nitrogen and oxygen atoms in total. The molecule has 0 saturated carbocycles. The predicted molar refractivity (Wildman–Crippen MR) is 73.8 cm³/mol. The molecule has 0 radical (unpaired) electrons. The highest BCUT2D eigenvalue weighted by Gasteiger charge is 2.14. The Hall–Kier alpha value is -2.08. The maximum absolute atomic E-state index is 11.8. The number of carbonyl (C=O) groups excluding carboxylic acids is 1. The zero-order chi connectivity index (χ0) is 14.0. The molecule has 19 heavy (non-hydrogen) atoms. The number of H-pyrrole nitrogens is 1. The molecule has 0 bridgehead atoms. The number of nitrogens with two attached hydrogens (primary N) is 1. The molecule has 0 aliphatic carbocycles. The van der Waals surface area contributed by atoms with Gasteiger partial charge < -0.3 is 16.0 Å². The Bertz CT molecular complexity index is 648. The summed E-state index contributed by atoms with van der Waals surface area (Å²) in [5.41, 5.74) is 6.47. The van der Waals surface area contributed by atoms with Crippen molar-refractivity contribution in [2.24, 2.45) is 5.73 Å². The van der Waals surface area contributed by atoms with Gasteiger partial charge in [0.15, 0.2) is 0 Å². The minimum absolute atomic E-state index is 0.0150. The average molecular weight is 262 g/mol. The second kappa shape index (κ2) is 4.89. The van der Waals surface area contributed by atoms with Crippen molar-refractivity contribution in [3.8, 4) is 0 Å². The van der Waals surface area contributed by atoms with Crippen LogP contribution in [-0.4, -0.2) is 27.5 Å². The van der Waals surface area contributed by atoms with Crippen molar-refractivity contribution in [1.29, 1.82) is 0 Å². The second-order valence-electron chi connectivity index (χ2n) is 5.30. The van der Waals surface area contributed by atoms with Crippen molar-refractivity contribution in [2.75, 3.05) is 6.54 Å². The molecule has 2 rings (SSSR count). The van der Waals surface area contributed by atoms with Crippen molar-refractivity contribution in [2.45, 2.75) is 25.9 Å². The van der Waals surface area contributed by atoms with Gasteiger partial charge in [-0.25, -0.2) is 4.79 Å². The quantitative estimate of drug-likeness (QED) is 0.734. The summed E-state index contributed by atoms with van der Waals surface area (Å²) in [6.07, 6.45) is 0. The summed E-state index contributed by atoms with van der Waals surface area (Å²) in [5, 5.41) is 2.72. The van der Waals surface area contributed by atoms with Gasteiger partial charge in [-0.2, -0.15) is 0 Å². The molecule has 0 saturated heterocycles.